The van der Waals surface area contributed by atoms with E-state index in [1.54, 1.807) is 0 Å². The molecule has 1 fully saturated rings. The number of hydrogen-bond donors (Lipinski definition) is 0. The average molecular weight is 282 g/mol. The maximum atomic E-state index is 3.48. The summed E-state index contributed by atoms with van der Waals surface area (Å²) in [5, 5.41) is 0. The van der Waals surface area contributed by atoms with E-state index >= 15 is 0 Å². The van der Waals surface area contributed by atoms with Gasteiger partial charge in [-0.1, -0.05) is 40.9 Å². The minimum atomic E-state index is 0.740. The van der Waals surface area contributed by atoms with Crippen molar-refractivity contribution >= 4 is 15.9 Å². The van der Waals surface area contributed by atoms with Gasteiger partial charge in [-0.25, -0.2) is 0 Å². The summed E-state index contributed by atoms with van der Waals surface area (Å²) in [6, 6.07) is 9.51. The lowest BCUT2D eigenvalue weighted by Gasteiger charge is -2.25. The molecule has 0 radical (unpaired) electrons. The molecule has 1 atom stereocenters. The number of likely N-dealkylation sites (N-methyl/N-ethyl adjacent to an activating group) is 1. The summed E-state index contributed by atoms with van der Waals surface area (Å²) >= 11 is 3.48. The predicted octanol–water partition coefficient (Wildman–Crippen LogP) is 3.87. The number of hydrogen-bond acceptors (Lipinski definition) is 1. The molecule has 0 N–H and O–H groups in total. The zero-order chi connectivity index (χ0) is 11.4. The molecule has 88 valence electrons. The Hall–Kier alpha value is -0.340. The molecule has 0 spiro atoms. The van der Waals surface area contributed by atoms with Crippen LogP contribution in [0.25, 0.3) is 0 Å². The SMILES string of the molecule is CN1CCCCCC1Cc1ccc(Br)cc1. The summed E-state index contributed by atoms with van der Waals surface area (Å²) in [5.74, 6) is 0. The van der Waals surface area contributed by atoms with Gasteiger partial charge in [-0.2, -0.15) is 0 Å². The van der Waals surface area contributed by atoms with Gasteiger partial charge in [-0.15, -0.1) is 0 Å². The van der Waals surface area contributed by atoms with E-state index in [9.17, 15) is 0 Å². The molecule has 1 aromatic carbocycles. The summed E-state index contributed by atoms with van der Waals surface area (Å²) in [6.07, 6.45) is 6.72. The number of nitrogens with zero attached hydrogens (tertiary/aromatic N) is 1. The van der Waals surface area contributed by atoms with E-state index in [2.05, 4.69) is 52.1 Å². The Bertz CT molecular complexity index is 320. The molecule has 1 saturated heterocycles. The van der Waals surface area contributed by atoms with Crippen molar-refractivity contribution in [1.82, 2.24) is 4.90 Å². The molecule has 1 aliphatic heterocycles. The van der Waals surface area contributed by atoms with Crippen LogP contribution < -0.4 is 0 Å². The molecule has 1 nitrogen and oxygen atoms in total. The first kappa shape index (κ1) is 12.1. The lowest BCUT2D eigenvalue weighted by molar-refractivity contribution is 0.245. The highest BCUT2D eigenvalue weighted by molar-refractivity contribution is 9.10. The van der Waals surface area contributed by atoms with E-state index in [1.807, 2.05) is 0 Å². The van der Waals surface area contributed by atoms with Gasteiger partial charge < -0.3 is 4.90 Å². The van der Waals surface area contributed by atoms with Crippen molar-refractivity contribution < 1.29 is 0 Å². The minimum absolute atomic E-state index is 0.740. The van der Waals surface area contributed by atoms with Crippen molar-refractivity contribution in [1.29, 1.82) is 0 Å². The number of likely N-dealkylation sites (tertiary alicyclic amines) is 1. The molecule has 1 unspecified atom stereocenters. The van der Waals surface area contributed by atoms with Gasteiger partial charge in [0.2, 0.25) is 0 Å². The number of halogens is 1. The third kappa shape index (κ3) is 3.33. The first-order valence-corrected chi connectivity index (χ1v) is 7.00. The Morgan fingerprint density at radius 3 is 2.69 bits per heavy atom. The van der Waals surface area contributed by atoms with E-state index in [-0.39, 0.29) is 0 Å². The van der Waals surface area contributed by atoms with E-state index < -0.39 is 0 Å². The van der Waals surface area contributed by atoms with Crippen LogP contribution in [0, 0.1) is 0 Å². The second-order valence-corrected chi connectivity index (χ2v) is 5.73. The second-order valence-electron chi connectivity index (χ2n) is 4.81. The van der Waals surface area contributed by atoms with Crippen LogP contribution in [0.3, 0.4) is 0 Å². The monoisotopic (exact) mass is 281 g/mol. The molecule has 0 aromatic heterocycles. The van der Waals surface area contributed by atoms with Crippen molar-refractivity contribution in [2.24, 2.45) is 0 Å². The molecule has 0 bridgehead atoms. The maximum Gasteiger partial charge on any atom is 0.0175 e. The van der Waals surface area contributed by atoms with E-state index in [1.165, 1.54) is 48.7 Å². The number of benzene rings is 1. The molecule has 1 aliphatic rings. The summed E-state index contributed by atoms with van der Waals surface area (Å²) in [5.41, 5.74) is 1.46. The highest BCUT2D eigenvalue weighted by Crippen LogP contribution is 2.20. The van der Waals surface area contributed by atoms with Crippen LogP contribution in [-0.4, -0.2) is 24.5 Å². The lowest BCUT2D eigenvalue weighted by Crippen LogP contribution is -2.32. The van der Waals surface area contributed by atoms with Gasteiger partial charge in [0.25, 0.3) is 0 Å². The van der Waals surface area contributed by atoms with Crippen molar-refractivity contribution in [3.8, 4) is 0 Å². The number of rotatable bonds is 2. The fraction of sp³-hybridized carbons (Fsp3) is 0.571. The van der Waals surface area contributed by atoms with Crippen LogP contribution in [0.1, 0.15) is 31.2 Å². The fourth-order valence-corrected chi connectivity index (χ4v) is 2.74. The third-order valence-corrected chi connectivity index (χ3v) is 4.08. The Kier molecular flexibility index (Phi) is 4.42. The molecule has 1 heterocycles. The zero-order valence-electron chi connectivity index (χ0n) is 9.95. The van der Waals surface area contributed by atoms with Crippen LogP contribution in [-0.2, 0) is 6.42 Å². The molecule has 2 rings (SSSR count). The zero-order valence-corrected chi connectivity index (χ0v) is 11.5. The Morgan fingerprint density at radius 2 is 1.94 bits per heavy atom. The molecule has 0 amide bonds. The van der Waals surface area contributed by atoms with Gasteiger partial charge >= 0.3 is 0 Å². The second kappa shape index (κ2) is 5.83. The maximum absolute atomic E-state index is 3.48. The van der Waals surface area contributed by atoms with Crippen LogP contribution in [0.4, 0.5) is 0 Å². The lowest BCUT2D eigenvalue weighted by atomic mass is 10.0. The Balaban J connectivity index is 1.99. The summed E-state index contributed by atoms with van der Waals surface area (Å²) in [6.45, 7) is 1.27. The van der Waals surface area contributed by atoms with Gasteiger partial charge in [-0.3, -0.25) is 0 Å². The third-order valence-electron chi connectivity index (χ3n) is 3.56. The molecule has 16 heavy (non-hydrogen) atoms. The minimum Gasteiger partial charge on any atom is -0.303 e. The van der Waals surface area contributed by atoms with Crippen molar-refractivity contribution in [3.63, 3.8) is 0 Å². The van der Waals surface area contributed by atoms with Crippen molar-refractivity contribution in [2.45, 2.75) is 38.1 Å². The van der Waals surface area contributed by atoms with Crippen molar-refractivity contribution in [2.75, 3.05) is 13.6 Å². The first-order valence-electron chi connectivity index (χ1n) is 6.20. The smallest absolute Gasteiger partial charge is 0.0175 e. The summed E-state index contributed by atoms with van der Waals surface area (Å²) in [7, 11) is 2.27. The van der Waals surface area contributed by atoms with Crippen LogP contribution in [0.2, 0.25) is 0 Å². The van der Waals surface area contributed by atoms with E-state index in [0.717, 1.165) is 6.04 Å². The molecule has 2 heteroatoms. The van der Waals surface area contributed by atoms with Gasteiger partial charge in [0.1, 0.15) is 0 Å². The molecular formula is C14H20BrN. The van der Waals surface area contributed by atoms with Gasteiger partial charge in [0, 0.05) is 10.5 Å². The molecular weight excluding hydrogens is 262 g/mol. The van der Waals surface area contributed by atoms with E-state index in [4.69, 9.17) is 0 Å². The normalized spacial score (nSPS) is 23.0. The molecule has 1 aromatic rings. The summed E-state index contributed by atoms with van der Waals surface area (Å²) in [4.78, 5) is 2.54. The fourth-order valence-electron chi connectivity index (χ4n) is 2.47. The van der Waals surface area contributed by atoms with E-state index in [0.29, 0.717) is 0 Å². The highest BCUT2D eigenvalue weighted by Gasteiger charge is 2.17. The van der Waals surface area contributed by atoms with Crippen LogP contribution in [0.5, 0.6) is 0 Å². The quantitative estimate of drug-likeness (QED) is 0.796. The summed E-state index contributed by atoms with van der Waals surface area (Å²) < 4.78 is 1.17. The largest absolute Gasteiger partial charge is 0.303 e. The van der Waals surface area contributed by atoms with Crippen LogP contribution >= 0.6 is 15.9 Å². The van der Waals surface area contributed by atoms with Crippen LogP contribution in [0.15, 0.2) is 28.7 Å². The van der Waals surface area contributed by atoms with Crippen molar-refractivity contribution in [3.05, 3.63) is 34.3 Å². The first-order chi connectivity index (χ1) is 7.75. The predicted molar refractivity (Wildman–Crippen MR) is 72.7 cm³/mol. The topological polar surface area (TPSA) is 3.24 Å². The highest BCUT2D eigenvalue weighted by atomic mass is 79.9. The Labute approximate surface area is 107 Å². The standard InChI is InChI=1S/C14H20BrN/c1-16-10-4-2-3-5-14(16)11-12-6-8-13(15)9-7-12/h6-9,14H,2-5,10-11H2,1H3. The molecule has 0 saturated carbocycles. The van der Waals surface area contributed by atoms with Gasteiger partial charge in [0.15, 0.2) is 0 Å². The molecule has 0 aliphatic carbocycles. The Morgan fingerprint density at radius 1 is 1.19 bits per heavy atom. The van der Waals surface area contributed by atoms with Gasteiger partial charge in [-0.05, 0) is 50.6 Å². The van der Waals surface area contributed by atoms with Gasteiger partial charge in [0.05, 0.1) is 0 Å². The average Bonchev–Trinajstić information content (AvgIpc) is 2.48.